The van der Waals surface area contributed by atoms with E-state index in [1.807, 2.05) is 4.90 Å². The highest BCUT2D eigenvalue weighted by Gasteiger charge is 2.26. The molecule has 1 aromatic rings. The number of nitrogens with zero attached hydrogens (tertiary/aromatic N) is 1. The Morgan fingerprint density at radius 1 is 1.23 bits per heavy atom. The Labute approximate surface area is 138 Å². The van der Waals surface area contributed by atoms with Crippen LogP contribution in [0.15, 0.2) is 30.3 Å². The molecule has 0 bridgehead atoms. The van der Waals surface area contributed by atoms with E-state index in [4.69, 9.17) is 4.74 Å². The van der Waals surface area contributed by atoms with Gasteiger partial charge >= 0.3 is 0 Å². The lowest BCUT2D eigenvalue weighted by molar-refractivity contribution is -0.133. The molecule has 2 heterocycles. The predicted octanol–water partition coefficient (Wildman–Crippen LogP) is 2.19. The van der Waals surface area contributed by atoms with E-state index in [1.165, 1.54) is 5.56 Å². The molecule has 1 atom stereocenters. The van der Waals surface area contributed by atoms with Crippen molar-refractivity contribution in [3.05, 3.63) is 35.9 Å². The Kier molecular flexibility index (Phi) is 6.68. The number of morpholine rings is 1. The molecule has 2 fully saturated rings. The predicted molar refractivity (Wildman–Crippen MR) is 89.5 cm³/mol. The molecule has 5 heteroatoms. The highest BCUT2D eigenvalue weighted by Crippen LogP contribution is 2.28. The minimum atomic E-state index is 0. The van der Waals surface area contributed by atoms with E-state index < -0.39 is 0 Å². The van der Waals surface area contributed by atoms with Gasteiger partial charge in [0, 0.05) is 32.1 Å². The number of rotatable bonds is 3. The van der Waals surface area contributed by atoms with Crippen LogP contribution >= 0.6 is 12.4 Å². The number of piperidine rings is 1. The van der Waals surface area contributed by atoms with Crippen LogP contribution in [0.1, 0.15) is 30.7 Å². The van der Waals surface area contributed by atoms with Crippen molar-refractivity contribution in [1.29, 1.82) is 0 Å². The molecule has 2 aliphatic rings. The van der Waals surface area contributed by atoms with Gasteiger partial charge in [0.2, 0.25) is 5.91 Å². The van der Waals surface area contributed by atoms with Gasteiger partial charge in [-0.1, -0.05) is 30.3 Å². The second kappa shape index (κ2) is 8.51. The normalized spacial score (nSPS) is 22.9. The van der Waals surface area contributed by atoms with Gasteiger partial charge in [-0.2, -0.15) is 0 Å². The summed E-state index contributed by atoms with van der Waals surface area (Å²) in [5.41, 5.74) is 1.41. The fourth-order valence-electron chi connectivity index (χ4n) is 3.28. The number of hydrogen-bond acceptors (Lipinski definition) is 3. The summed E-state index contributed by atoms with van der Waals surface area (Å²) < 4.78 is 5.41. The Morgan fingerprint density at radius 3 is 2.59 bits per heavy atom. The van der Waals surface area contributed by atoms with Gasteiger partial charge in [-0.3, -0.25) is 4.79 Å². The summed E-state index contributed by atoms with van der Waals surface area (Å²) in [6.45, 7) is 4.03. The first-order valence-electron chi connectivity index (χ1n) is 7.97. The molecule has 2 saturated heterocycles. The summed E-state index contributed by atoms with van der Waals surface area (Å²) in [6.07, 6.45) is 2.71. The summed E-state index contributed by atoms with van der Waals surface area (Å²) >= 11 is 0. The SMILES string of the molecule is Cl.O=C(CC1COCCN1)N1CCC(c2ccccc2)CC1. The van der Waals surface area contributed by atoms with E-state index in [9.17, 15) is 4.79 Å². The maximum atomic E-state index is 12.3. The second-order valence-electron chi connectivity index (χ2n) is 6.00. The number of halogens is 1. The molecule has 1 amide bonds. The van der Waals surface area contributed by atoms with E-state index in [-0.39, 0.29) is 24.4 Å². The number of hydrogen-bond donors (Lipinski definition) is 1. The average molecular weight is 325 g/mol. The zero-order chi connectivity index (χ0) is 14.5. The topological polar surface area (TPSA) is 41.6 Å². The van der Waals surface area contributed by atoms with Crippen LogP contribution in [0.25, 0.3) is 0 Å². The summed E-state index contributed by atoms with van der Waals surface area (Å²) in [7, 11) is 0. The second-order valence-corrected chi connectivity index (χ2v) is 6.00. The van der Waals surface area contributed by atoms with Gasteiger partial charge in [0.15, 0.2) is 0 Å². The summed E-state index contributed by atoms with van der Waals surface area (Å²) in [6, 6.07) is 10.8. The lowest BCUT2D eigenvalue weighted by Crippen LogP contribution is -2.46. The maximum absolute atomic E-state index is 12.3. The number of nitrogens with one attached hydrogen (secondary N) is 1. The van der Waals surface area contributed by atoms with Crippen LogP contribution in [0.5, 0.6) is 0 Å². The monoisotopic (exact) mass is 324 g/mol. The molecule has 0 aliphatic carbocycles. The standard InChI is InChI=1S/C17H24N2O2.ClH/c20-17(12-16-13-21-11-8-18-16)19-9-6-15(7-10-19)14-4-2-1-3-5-14;/h1-5,15-16,18H,6-13H2;1H. The molecule has 4 nitrogen and oxygen atoms in total. The number of benzene rings is 1. The zero-order valence-electron chi connectivity index (χ0n) is 12.9. The molecule has 1 aromatic carbocycles. The number of amides is 1. The largest absolute Gasteiger partial charge is 0.378 e. The first-order valence-corrected chi connectivity index (χ1v) is 7.97. The van der Waals surface area contributed by atoms with Crippen LogP contribution < -0.4 is 5.32 Å². The third-order valence-corrected chi connectivity index (χ3v) is 4.54. The lowest BCUT2D eigenvalue weighted by Gasteiger charge is -2.33. The number of carbonyl (C=O) groups is 1. The highest BCUT2D eigenvalue weighted by atomic mass is 35.5. The quantitative estimate of drug-likeness (QED) is 0.926. The molecule has 2 aliphatic heterocycles. The van der Waals surface area contributed by atoms with Gasteiger partial charge < -0.3 is 15.0 Å². The van der Waals surface area contributed by atoms with Gasteiger partial charge in [0.05, 0.1) is 13.2 Å². The van der Waals surface area contributed by atoms with Gasteiger partial charge in [0.25, 0.3) is 0 Å². The Bertz CT molecular complexity index is 455. The minimum Gasteiger partial charge on any atom is -0.378 e. The molecule has 0 saturated carbocycles. The van der Waals surface area contributed by atoms with E-state index in [1.54, 1.807) is 0 Å². The van der Waals surface area contributed by atoms with Crippen molar-refractivity contribution < 1.29 is 9.53 Å². The van der Waals surface area contributed by atoms with E-state index in [2.05, 4.69) is 35.6 Å². The summed E-state index contributed by atoms with van der Waals surface area (Å²) in [5.74, 6) is 0.871. The van der Waals surface area contributed by atoms with Crippen molar-refractivity contribution in [3.8, 4) is 0 Å². The van der Waals surface area contributed by atoms with Crippen LogP contribution in [0.3, 0.4) is 0 Å². The highest BCUT2D eigenvalue weighted by molar-refractivity contribution is 5.85. The van der Waals surface area contributed by atoms with E-state index in [0.29, 0.717) is 18.9 Å². The van der Waals surface area contributed by atoms with Crippen molar-refractivity contribution in [1.82, 2.24) is 10.2 Å². The van der Waals surface area contributed by atoms with Crippen molar-refractivity contribution in [2.75, 3.05) is 32.8 Å². The first kappa shape index (κ1) is 17.3. The van der Waals surface area contributed by atoms with Crippen molar-refractivity contribution in [2.45, 2.75) is 31.2 Å². The van der Waals surface area contributed by atoms with Crippen molar-refractivity contribution in [2.24, 2.45) is 0 Å². The summed E-state index contributed by atoms with van der Waals surface area (Å²) in [5, 5.41) is 3.35. The third kappa shape index (κ3) is 4.45. The van der Waals surface area contributed by atoms with Crippen molar-refractivity contribution >= 4 is 18.3 Å². The Hall–Kier alpha value is -1.10. The van der Waals surface area contributed by atoms with E-state index in [0.717, 1.165) is 39.1 Å². The third-order valence-electron chi connectivity index (χ3n) is 4.54. The fourth-order valence-corrected chi connectivity index (χ4v) is 3.28. The molecular weight excluding hydrogens is 300 g/mol. The van der Waals surface area contributed by atoms with Crippen molar-refractivity contribution in [3.63, 3.8) is 0 Å². The number of likely N-dealkylation sites (tertiary alicyclic amines) is 1. The molecule has 0 spiro atoms. The molecule has 0 aromatic heterocycles. The zero-order valence-corrected chi connectivity index (χ0v) is 13.7. The molecule has 22 heavy (non-hydrogen) atoms. The first-order chi connectivity index (χ1) is 10.3. The van der Waals surface area contributed by atoms with Crippen LogP contribution in [0.2, 0.25) is 0 Å². The summed E-state index contributed by atoms with van der Waals surface area (Å²) in [4.78, 5) is 14.4. The average Bonchev–Trinajstić information content (AvgIpc) is 2.57. The molecular formula is C17H25ClN2O2. The van der Waals surface area contributed by atoms with E-state index >= 15 is 0 Å². The maximum Gasteiger partial charge on any atom is 0.224 e. The van der Waals surface area contributed by atoms with Crippen LogP contribution in [0.4, 0.5) is 0 Å². The van der Waals surface area contributed by atoms with Gasteiger partial charge in [-0.25, -0.2) is 0 Å². The lowest BCUT2D eigenvalue weighted by atomic mass is 9.89. The van der Waals surface area contributed by atoms with Gasteiger partial charge in [-0.05, 0) is 24.3 Å². The number of ether oxygens (including phenoxy) is 1. The van der Waals surface area contributed by atoms with Crippen LogP contribution in [-0.4, -0.2) is 49.7 Å². The smallest absolute Gasteiger partial charge is 0.224 e. The van der Waals surface area contributed by atoms with Crippen LogP contribution in [-0.2, 0) is 9.53 Å². The Morgan fingerprint density at radius 2 is 1.95 bits per heavy atom. The molecule has 0 radical (unpaired) electrons. The minimum absolute atomic E-state index is 0. The number of carbonyl (C=O) groups excluding carboxylic acids is 1. The fraction of sp³-hybridized carbons (Fsp3) is 0.588. The molecule has 1 N–H and O–H groups in total. The van der Waals surface area contributed by atoms with Gasteiger partial charge in [-0.15, -0.1) is 12.4 Å². The molecule has 1 unspecified atom stereocenters. The van der Waals surface area contributed by atoms with Gasteiger partial charge in [0.1, 0.15) is 0 Å². The molecule has 3 rings (SSSR count). The van der Waals surface area contributed by atoms with Crippen LogP contribution in [0, 0.1) is 0 Å². The molecule has 122 valence electrons. The Balaban J connectivity index is 0.00000176.